The first-order valence-electron chi connectivity index (χ1n) is 9.25. The summed E-state index contributed by atoms with van der Waals surface area (Å²) in [4.78, 5) is 12.1. The molecule has 0 aromatic carbocycles. The largest absolute Gasteiger partial charge is 0.393 e. The van der Waals surface area contributed by atoms with Gasteiger partial charge in [-0.25, -0.2) is 0 Å². The van der Waals surface area contributed by atoms with Crippen LogP contribution in [0.5, 0.6) is 0 Å². The summed E-state index contributed by atoms with van der Waals surface area (Å²) in [7, 11) is 0. The third kappa shape index (κ3) is 3.16. The SMILES string of the molecule is C=C1CC[C@@H](O)CC1=CC=C1C[C@H](O)C[C@]2(C)[C@@H](C(C)=O)CC[C@@H]12. The molecule has 0 unspecified atom stereocenters. The Kier molecular flexibility index (Phi) is 4.85. The van der Waals surface area contributed by atoms with Crippen molar-refractivity contribution in [1.82, 2.24) is 0 Å². The van der Waals surface area contributed by atoms with Crippen molar-refractivity contribution in [2.45, 2.75) is 71.0 Å². The van der Waals surface area contributed by atoms with Crippen LogP contribution in [0.3, 0.4) is 0 Å². The number of allylic oxidation sites excluding steroid dienone is 3. The van der Waals surface area contributed by atoms with E-state index < -0.39 is 0 Å². The van der Waals surface area contributed by atoms with Crippen molar-refractivity contribution in [3.8, 4) is 0 Å². The number of rotatable bonds is 2. The normalized spacial score (nSPS) is 43.2. The molecule has 3 aliphatic rings. The summed E-state index contributed by atoms with van der Waals surface area (Å²) < 4.78 is 0. The average molecular weight is 330 g/mol. The van der Waals surface area contributed by atoms with Gasteiger partial charge in [0.25, 0.3) is 0 Å². The zero-order chi connectivity index (χ0) is 17.5. The van der Waals surface area contributed by atoms with E-state index in [0.717, 1.165) is 43.3 Å². The predicted molar refractivity (Wildman–Crippen MR) is 95.4 cm³/mol. The zero-order valence-corrected chi connectivity index (χ0v) is 14.9. The lowest BCUT2D eigenvalue weighted by Gasteiger charge is -2.43. The third-order valence-corrected chi connectivity index (χ3v) is 6.61. The van der Waals surface area contributed by atoms with Crippen LogP contribution in [0.25, 0.3) is 0 Å². The number of carbonyl (C=O) groups excluding carboxylic acids is 1. The Bertz CT molecular complexity index is 600. The quantitative estimate of drug-likeness (QED) is 0.811. The molecule has 3 nitrogen and oxygen atoms in total. The summed E-state index contributed by atoms with van der Waals surface area (Å²) in [5, 5.41) is 20.3. The highest BCUT2D eigenvalue weighted by atomic mass is 16.3. The molecule has 3 fully saturated rings. The number of aliphatic hydroxyl groups excluding tert-OH is 2. The van der Waals surface area contributed by atoms with Crippen LogP contribution in [0.4, 0.5) is 0 Å². The number of hydrogen-bond acceptors (Lipinski definition) is 3. The van der Waals surface area contributed by atoms with E-state index in [-0.39, 0.29) is 29.3 Å². The molecule has 2 N–H and O–H groups in total. The van der Waals surface area contributed by atoms with Gasteiger partial charge < -0.3 is 10.2 Å². The molecule has 3 saturated carbocycles. The van der Waals surface area contributed by atoms with E-state index in [9.17, 15) is 15.0 Å². The molecule has 3 heteroatoms. The van der Waals surface area contributed by atoms with Gasteiger partial charge in [0, 0.05) is 5.92 Å². The molecule has 132 valence electrons. The topological polar surface area (TPSA) is 57.5 Å². The molecule has 0 spiro atoms. The fraction of sp³-hybridized carbons (Fsp3) is 0.667. The van der Waals surface area contributed by atoms with Crippen LogP contribution in [0.15, 0.2) is 35.5 Å². The number of carbonyl (C=O) groups is 1. The Morgan fingerprint density at radius 1 is 1.17 bits per heavy atom. The monoisotopic (exact) mass is 330 g/mol. The number of hydrogen-bond donors (Lipinski definition) is 2. The highest BCUT2D eigenvalue weighted by Crippen LogP contribution is 2.57. The summed E-state index contributed by atoms with van der Waals surface area (Å²) in [6.07, 6.45) is 9.32. The maximum absolute atomic E-state index is 12.1. The van der Waals surface area contributed by atoms with Gasteiger partial charge in [-0.05, 0) is 68.8 Å². The molecule has 0 bridgehead atoms. The Hall–Kier alpha value is -1.19. The summed E-state index contributed by atoms with van der Waals surface area (Å²) >= 11 is 0. The van der Waals surface area contributed by atoms with Crippen molar-refractivity contribution in [2.75, 3.05) is 0 Å². The third-order valence-electron chi connectivity index (χ3n) is 6.61. The molecule has 24 heavy (non-hydrogen) atoms. The van der Waals surface area contributed by atoms with Gasteiger partial charge in [0.2, 0.25) is 0 Å². The van der Waals surface area contributed by atoms with Gasteiger partial charge in [-0.15, -0.1) is 0 Å². The number of ketones is 1. The zero-order valence-electron chi connectivity index (χ0n) is 14.9. The van der Waals surface area contributed by atoms with Crippen molar-refractivity contribution in [2.24, 2.45) is 17.3 Å². The van der Waals surface area contributed by atoms with Crippen LogP contribution >= 0.6 is 0 Å². The molecular weight excluding hydrogens is 300 g/mol. The van der Waals surface area contributed by atoms with E-state index in [0.29, 0.717) is 18.8 Å². The van der Waals surface area contributed by atoms with Crippen molar-refractivity contribution < 1.29 is 15.0 Å². The van der Waals surface area contributed by atoms with Gasteiger partial charge >= 0.3 is 0 Å². The lowest BCUT2D eigenvalue weighted by atomic mass is 9.62. The summed E-state index contributed by atoms with van der Waals surface area (Å²) in [6, 6.07) is 0. The van der Waals surface area contributed by atoms with Crippen molar-refractivity contribution in [1.29, 1.82) is 0 Å². The summed E-state index contributed by atoms with van der Waals surface area (Å²) in [6.45, 7) is 8.00. The molecule has 0 amide bonds. The molecule has 3 rings (SSSR count). The number of Topliss-reactive ketones (excluding diaryl/α,β-unsaturated/α-hetero) is 1. The molecular formula is C21H30O3. The minimum atomic E-state index is -0.365. The lowest BCUT2D eigenvalue weighted by molar-refractivity contribution is -0.125. The minimum absolute atomic E-state index is 0.0694. The van der Waals surface area contributed by atoms with Gasteiger partial charge in [-0.3, -0.25) is 4.79 Å². The summed E-state index contributed by atoms with van der Waals surface area (Å²) in [5.41, 5.74) is 3.39. The molecule has 0 heterocycles. The highest BCUT2D eigenvalue weighted by Gasteiger charge is 2.52. The van der Waals surface area contributed by atoms with Crippen LogP contribution in [-0.4, -0.2) is 28.2 Å². The maximum atomic E-state index is 12.1. The Morgan fingerprint density at radius 2 is 1.92 bits per heavy atom. The van der Waals surface area contributed by atoms with E-state index in [2.05, 4.69) is 25.7 Å². The summed E-state index contributed by atoms with van der Waals surface area (Å²) in [5.74, 6) is 0.712. The fourth-order valence-electron chi connectivity index (χ4n) is 5.37. The minimum Gasteiger partial charge on any atom is -0.393 e. The molecule has 3 aliphatic carbocycles. The van der Waals surface area contributed by atoms with Gasteiger partial charge in [0.15, 0.2) is 0 Å². The molecule has 0 saturated heterocycles. The van der Waals surface area contributed by atoms with Crippen LogP contribution in [0.2, 0.25) is 0 Å². The first-order valence-corrected chi connectivity index (χ1v) is 9.25. The van der Waals surface area contributed by atoms with Crippen LogP contribution in [-0.2, 0) is 4.79 Å². The van der Waals surface area contributed by atoms with Crippen molar-refractivity contribution >= 4 is 5.78 Å². The van der Waals surface area contributed by atoms with Gasteiger partial charge in [-0.2, -0.15) is 0 Å². The van der Waals surface area contributed by atoms with E-state index in [4.69, 9.17) is 0 Å². The van der Waals surface area contributed by atoms with Crippen LogP contribution in [0, 0.1) is 17.3 Å². The Balaban J connectivity index is 1.87. The second-order valence-corrected chi connectivity index (χ2v) is 8.29. The first-order chi connectivity index (χ1) is 11.3. The molecule has 0 aliphatic heterocycles. The average Bonchev–Trinajstić information content (AvgIpc) is 2.84. The van der Waals surface area contributed by atoms with Crippen LogP contribution < -0.4 is 0 Å². The van der Waals surface area contributed by atoms with E-state index in [1.807, 2.05) is 0 Å². The molecule has 0 aromatic heterocycles. The first kappa shape index (κ1) is 17.6. The van der Waals surface area contributed by atoms with E-state index >= 15 is 0 Å². The van der Waals surface area contributed by atoms with Gasteiger partial charge in [0.05, 0.1) is 12.2 Å². The van der Waals surface area contributed by atoms with Crippen molar-refractivity contribution in [3.63, 3.8) is 0 Å². The predicted octanol–water partition coefficient (Wildman–Crippen LogP) is 3.72. The molecule has 0 aromatic rings. The van der Waals surface area contributed by atoms with Gasteiger partial charge in [-0.1, -0.05) is 36.8 Å². The standard InChI is InChI=1S/C21H30O3/c1-13-4-7-17(23)10-15(13)5-6-16-11-18(24)12-21(3)19(14(2)22)8-9-20(16)21/h5-6,17-20,23-24H,1,4,7-12H2,2-3H3/t17-,18+,19-,20+,21-/m1/s1. The Morgan fingerprint density at radius 3 is 2.62 bits per heavy atom. The smallest absolute Gasteiger partial charge is 0.133 e. The highest BCUT2D eigenvalue weighted by molar-refractivity contribution is 5.79. The lowest BCUT2D eigenvalue weighted by Crippen LogP contribution is -2.41. The maximum Gasteiger partial charge on any atom is 0.133 e. The van der Waals surface area contributed by atoms with E-state index in [1.165, 1.54) is 5.57 Å². The molecule has 0 radical (unpaired) electrons. The number of fused-ring (bicyclic) bond motifs is 1. The van der Waals surface area contributed by atoms with Crippen molar-refractivity contribution in [3.05, 3.63) is 35.5 Å². The van der Waals surface area contributed by atoms with Gasteiger partial charge in [0.1, 0.15) is 5.78 Å². The second kappa shape index (κ2) is 6.61. The van der Waals surface area contributed by atoms with Crippen LogP contribution in [0.1, 0.15) is 58.8 Å². The number of aliphatic hydroxyl groups is 2. The Labute approximate surface area is 145 Å². The fourth-order valence-corrected chi connectivity index (χ4v) is 5.37. The molecule has 5 atom stereocenters. The van der Waals surface area contributed by atoms with E-state index in [1.54, 1.807) is 6.92 Å². The second-order valence-electron chi connectivity index (χ2n) is 8.29.